The van der Waals surface area contributed by atoms with Crippen LogP contribution in [0.1, 0.15) is 20.3 Å². The molecule has 6 heteroatoms. The summed E-state index contributed by atoms with van der Waals surface area (Å²) >= 11 is 0. The van der Waals surface area contributed by atoms with E-state index >= 15 is 0 Å². The number of hydrogen-bond acceptors (Lipinski definition) is 5. The lowest BCUT2D eigenvalue weighted by Gasteiger charge is -2.09. The fraction of sp³-hybridized carbons (Fsp3) is 0.222. The van der Waals surface area contributed by atoms with Crippen LogP contribution in [0.5, 0.6) is 0 Å². The van der Waals surface area contributed by atoms with Crippen molar-refractivity contribution in [2.24, 2.45) is 5.92 Å². The number of nitrogens with zero attached hydrogens (tertiary/aromatic N) is 3. The third-order valence-electron chi connectivity index (χ3n) is 3.42. The largest absolute Gasteiger partial charge is 0.337 e. The van der Waals surface area contributed by atoms with Gasteiger partial charge < -0.3 is 10.6 Å². The predicted molar refractivity (Wildman–Crippen MR) is 95.1 cm³/mol. The van der Waals surface area contributed by atoms with Gasteiger partial charge in [0.05, 0.1) is 11.2 Å². The topological polar surface area (TPSA) is 79.8 Å². The number of fused-ring (bicyclic) bond motifs is 1. The lowest BCUT2D eigenvalue weighted by atomic mass is 10.1. The van der Waals surface area contributed by atoms with Gasteiger partial charge in [-0.3, -0.25) is 9.78 Å². The Hall–Kier alpha value is -3.02. The van der Waals surface area contributed by atoms with E-state index < -0.39 is 0 Å². The van der Waals surface area contributed by atoms with Gasteiger partial charge in [0.1, 0.15) is 0 Å². The van der Waals surface area contributed by atoms with Gasteiger partial charge in [-0.05, 0) is 30.2 Å². The Morgan fingerprint density at radius 2 is 1.79 bits per heavy atom. The number of para-hydroxylation sites is 1. The van der Waals surface area contributed by atoms with E-state index in [1.54, 1.807) is 18.3 Å². The smallest absolute Gasteiger partial charge is 0.225 e. The second-order valence-corrected chi connectivity index (χ2v) is 5.96. The van der Waals surface area contributed by atoms with Crippen LogP contribution in [-0.2, 0) is 4.79 Å². The van der Waals surface area contributed by atoms with E-state index in [2.05, 4.69) is 25.8 Å². The molecule has 2 heterocycles. The number of nitrogens with one attached hydrogen (secondary N) is 2. The van der Waals surface area contributed by atoms with Crippen LogP contribution in [0.4, 0.5) is 17.3 Å². The van der Waals surface area contributed by atoms with E-state index in [0.717, 1.165) is 16.6 Å². The molecule has 0 unspecified atom stereocenters. The first-order valence-electron chi connectivity index (χ1n) is 7.86. The zero-order valence-electron chi connectivity index (χ0n) is 13.7. The molecule has 1 amide bonds. The van der Waals surface area contributed by atoms with Gasteiger partial charge in [-0.15, -0.1) is 10.2 Å². The standard InChI is InChI=1S/C18H19N5O/c1-12(2)11-17(24)21-16-9-8-15(22-23-16)20-14-7-3-5-13-6-4-10-19-18(13)14/h3-10,12H,11H2,1-2H3,(H,20,22)(H,21,23,24). The highest BCUT2D eigenvalue weighted by Crippen LogP contribution is 2.23. The van der Waals surface area contributed by atoms with Gasteiger partial charge in [-0.25, -0.2) is 0 Å². The van der Waals surface area contributed by atoms with Crippen molar-refractivity contribution in [3.8, 4) is 0 Å². The van der Waals surface area contributed by atoms with Crippen LogP contribution < -0.4 is 10.6 Å². The van der Waals surface area contributed by atoms with Gasteiger partial charge in [0, 0.05) is 18.0 Å². The van der Waals surface area contributed by atoms with Crippen LogP contribution in [0.2, 0.25) is 0 Å². The van der Waals surface area contributed by atoms with Gasteiger partial charge in [0.2, 0.25) is 5.91 Å². The van der Waals surface area contributed by atoms with Crippen LogP contribution in [0.15, 0.2) is 48.7 Å². The lowest BCUT2D eigenvalue weighted by molar-refractivity contribution is -0.116. The molecule has 0 radical (unpaired) electrons. The summed E-state index contributed by atoms with van der Waals surface area (Å²) in [7, 11) is 0. The maximum Gasteiger partial charge on any atom is 0.225 e. The van der Waals surface area contributed by atoms with Crippen molar-refractivity contribution in [2.45, 2.75) is 20.3 Å². The second kappa shape index (κ2) is 7.04. The lowest BCUT2D eigenvalue weighted by Crippen LogP contribution is -2.15. The molecule has 0 fully saturated rings. The molecule has 0 aliphatic rings. The Kier molecular flexibility index (Phi) is 4.65. The first-order chi connectivity index (χ1) is 11.6. The highest BCUT2D eigenvalue weighted by molar-refractivity contribution is 5.92. The number of carbonyl (C=O) groups excluding carboxylic acids is 1. The molecule has 6 nitrogen and oxygen atoms in total. The van der Waals surface area contributed by atoms with Crippen LogP contribution in [0, 0.1) is 5.92 Å². The van der Waals surface area contributed by atoms with Crippen molar-refractivity contribution in [1.82, 2.24) is 15.2 Å². The number of rotatable bonds is 5. The fourth-order valence-corrected chi connectivity index (χ4v) is 2.37. The zero-order valence-corrected chi connectivity index (χ0v) is 13.7. The van der Waals surface area contributed by atoms with Crippen LogP contribution in [0.25, 0.3) is 10.9 Å². The Labute approximate surface area is 140 Å². The molecule has 0 saturated heterocycles. The van der Waals surface area contributed by atoms with E-state index in [1.807, 2.05) is 44.2 Å². The van der Waals surface area contributed by atoms with Crippen molar-refractivity contribution >= 4 is 34.1 Å². The SMILES string of the molecule is CC(C)CC(=O)Nc1ccc(Nc2cccc3cccnc23)nn1. The van der Waals surface area contributed by atoms with Crippen molar-refractivity contribution < 1.29 is 4.79 Å². The minimum atomic E-state index is -0.0572. The van der Waals surface area contributed by atoms with Crippen LogP contribution in [0.3, 0.4) is 0 Å². The number of carbonyl (C=O) groups is 1. The van der Waals surface area contributed by atoms with Crippen molar-refractivity contribution in [1.29, 1.82) is 0 Å². The molecule has 122 valence electrons. The van der Waals surface area contributed by atoms with E-state index in [-0.39, 0.29) is 5.91 Å². The Balaban J connectivity index is 1.73. The molecule has 2 aromatic heterocycles. The highest BCUT2D eigenvalue weighted by Gasteiger charge is 2.07. The quantitative estimate of drug-likeness (QED) is 0.748. The summed E-state index contributed by atoms with van der Waals surface area (Å²) < 4.78 is 0. The molecular formula is C18H19N5O. The third-order valence-corrected chi connectivity index (χ3v) is 3.42. The number of benzene rings is 1. The molecule has 0 saturated carbocycles. The van der Waals surface area contributed by atoms with Gasteiger partial charge in [0.15, 0.2) is 11.6 Å². The van der Waals surface area contributed by atoms with Crippen molar-refractivity contribution in [2.75, 3.05) is 10.6 Å². The Morgan fingerprint density at radius 3 is 2.54 bits per heavy atom. The van der Waals surface area contributed by atoms with Crippen LogP contribution in [-0.4, -0.2) is 21.1 Å². The van der Waals surface area contributed by atoms with Gasteiger partial charge >= 0.3 is 0 Å². The van der Waals surface area contributed by atoms with E-state index in [1.165, 1.54) is 0 Å². The molecule has 2 N–H and O–H groups in total. The summed E-state index contributed by atoms with van der Waals surface area (Å²) in [6, 6.07) is 13.3. The molecule has 0 aliphatic heterocycles. The number of anilines is 3. The summed E-state index contributed by atoms with van der Waals surface area (Å²) in [5.74, 6) is 1.29. The fourth-order valence-electron chi connectivity index (χ4n) is 2.37. The first kappa shape index (κ1) is 15.9. The minimum absolute atomic E-state index is 0.0572. The molecule has 3 aromatic rings. The van der Waals surface area contributed by atoms with E-state index in [4.69, 9.17) is 0 Å². The monoisotopic (exact) mass is 321 g/mol. The Bertz CT molecular complexity index is 840. The van der Waals surface area contributed by atoms with Gasteiger partial charge in [0.25, 0.3) is 0 Å². The third kappa shape index (κ3) is 3.84. The van der Waals surface area contributed by atoms with Gasteiger partial charge in [-0.1, -0.05) is 32.0 Å². The normalized spacial score (nSPS) is 10.8. The minimum Gasteiger partial charge on any atom is -0.337 e. The highest BCUT2D eigenvalue weighted by atomic mass is 16.1. The summed E-state index contributed by atoms with van der Waals surface area (Å²) in [4.78, 5) is 16.1. The molecular weight excluding hydrogens is 302 g/mol. The maximum atomic E-state index is 11.7. The summed E-state index contributed by atoms with van der Waals surface area (Å²) in [5, 5.41) is 15.1. The molecule has 3 rings (SSSR count). The number of hydrogen-bond donors (Lipinski definition) is 2. The summed E-state index contributed by atoms with van der Waals surface area (Å²) in [6.07, 6.45) is 2.22. The zero-order chi connectivity index (χ0) is 16.9. The van der Waals surface area contributed by atoms with E-state index in [0.29, 0.717) is 24.0 Å². The molecule has 0 aliphatic carbocycles. The van der Waals surface area contributed by atoms with Crippen LogP contribution >= 0.6 is 0 Å². The first-order valence-corrected chi connectivity index (χ1v) is 7.86. The maximum absolute atomic E-state index is 11.7. The van der Waals surface area contributed by atoms with Gasteiger partial charge in [-0.2, -0.15) is 0 Å². The summed E-state index contributed by atoms with van der Waals surface area (Å²) in [5.41, 5.74) is 1.73. The molecule has 24 heavy (non-hydrogen) atoms. The van der Waals surface area contributed by atoms with Crippen molar-refractivity contribution in [3.05, 3.63) is 48.7 Å². The number of pyridine rings is 1. The average molecular weight is 321 g/mol. The predicted octanol–water partition coefficient (Wildman–Crippen LogP) is 3.75. The molecule has 0 spiro atoms. The second-order valence-electron chi connectivity index (χ2n) is 5.96. The Morgan fingerprint density at radius 1 is 1.04 bits per heavy atom. The van der Waals surface area contributed by atoms with Crippen molar-refractivity contribution in [3.63, 3.8) is 0 Å². The average Bonchev–Trinajstić information content (AvgIpc) is 2.56. The summed E-state index contributed by atoms with van der Waals surface area (Å²) in [6.45, 7) is 3.99. The van der Waals surface area contributed by atoms with E-state index in [9.17, 15) is 4.79 Å². The molecule has 1 aromatic carbocycles. The molecule has 0 atom stereocenters. The number of amides is 1. The molecule has 0 bridgehead atoms. The number of aromatic nitrogens is 3.